The Balaban J connectivity index is 1.38. The number of rotatable bonds is 6. The number of benzene rings is 1. The van der Waals surface area contributed by atoms with Crippen molar-refractivity contribution in [2.45, 2.75) is 32.7 Å². The van der Waals surface area contributed by atoms with E-state index >= 15 is 0 Å². The number of hydrogen-bond donors (Lipinski definition) is 2. The average molecular weight is 411 g/mol. The number of likely N-dealkylation sites (tertiary alicyclic amines) is 1. The summed E-state index contributed by atoms with van der Waals surface area (Å²) < 4.78 is 9.93. The summed E-state index contributed by atoms with van der Waals surface area (Å²) in [6.07, 6.45) is 3.91. The molecule has 1 saturated heterocycles. The predicted octanol–water partition coefficient (Wildman–Crippen LogP) is 2.43. The fraction of sp³-hybridized carbons (Fsp3) is 0.429. The van der Waals surface area contributed by atoms with Crippen molar-refractivity contribution in [1.82, 2.24) is 25.5 Å². The monoisotopic (exact) mass is 411 g/mol. The third-order valence-corrected chi connectivity index (χ3v) is 5.60. The van der Waals surface area contributed by atoms with Crippen molar-refractivity contribution in [3.63, 3.8) is 0 Å². The van der Waals surface area contributed by atoms with Gasteiger partial charge in [0, 0.05) is 36.6 Å². The van der Waals surface area contributed by atoms with Crippen molar-refractivity contribution in [1.29, 1.82) is 0 Å². The van der Waals surface area contributed by atoms with E-state index < -0.39 is 0 Å². The number of nitrogens with zero attached hydrogens (tertiary/aromatic N) is 3. The molecular formula is C21H25N5O4. The first kappa shape index (κ1) is 19.9. The number of fused-ring (bicyclic) bond motifs is 1. The molecule has 158 valence electrons. The van der Waals surface area contributed by atoms with E-state index in [2.05, 4.69) is 25.2 Å². The van der Waals surface area contributed by atoms with E-state index in [9.17, 15) is 9.59 Å². The van der Waals surface area contributed by atoms with E-state index in [1.54, 1.807) is 20.2 Å². The smallest absolute Gasteiger partial charge is 0.256 e. The number of piperidine rings is 1. The van der Waals surface area contributed by atoms with Crippen LogP contribution < -0.4 is 10.1 Å². The molecule has 0 radical (unpaired) electrons. The van der Waals surface area contributed by atoms with Crippen molar-refractivity contribution >= 4 is 22.7 Å². The van der Waals surface area contributed by atoms with Gasteiger partial charge in [0.15, 0.2) is 0 Å². The molecule has 1 fully saturated rings. The van der Waals surface area contributed by atoms with Crippen LogP contribution in [0, 0.1) is 12.8 Å². The summed E-state index contributed by atoms with van der Waals surface area (Å²) in [6.45, 7) is 3.33. The first-order chi connectivity index (χ1) is 14.5. The molecule has 1 aromatic carbocycles. The molecule has 3 aromatic rings. The lowest BCUT2D eigenvalue weighted by molar-refractivity contribution is -0.122. The second-order valence-electron chi connectivity index (χ2n) is 7.65. The molecule has 2 amide bonds. The molecule has 0 aliphatic carbocycles. The Morgan fingerprint density at radius 2 is 2.23 bits per heavy atom. The SMILES string of the molecule is COc1ccc2[nH]cc(C(=O)N3CCCC(CC(=O)NCc4nonc4C)C3)c2c1. The van der Waals surface area contributed by atoms with Crippen LogP contribution in [0.1, 0.15) is 41.0 Å². The van der Waals surface area contributed by atoms with E-state index in [4.69, 9.17) is 4.74 Å². The summed E-state index contributed by atoms with van der Waals surface area (Å²) in [6, 6.07) is 5.63. The largest absolute Gasteiger partial charge is 0.497 e. The molecule has 1 aliphatic rings. The molecule has 2 aromatic heterocycles. The number of aryl methyl sites for hydroxylation is 1. The van der Waals surface area contributed by atoms with Crippen molar-refractivity contribution in [3.8, 4) is 5.75 Å². The molecule has 4 rings (SSSR count). The number of methoxy groups -OCH3 is 1. The molecule has 30 heavy (non-hydrogen) atoms. The zero-order valence-electron chi connectivity index (χ0n) is 17.1. The number of nitrogens with one attached hydrogen (secondary N) is 2. The van der Waals surface area contributed by atoms with Crippen molar-refractivity contribution in [2.24, 2.45) is 5.92 Å². The van der Waals surface area contributed by atoms with E-state index in [1.165, 1.54) is 0 Å². The minimum Gasteiger partial charge on any atom is -0.497 e. The van der Waals surface area contributed by atoms with Gasteiger partial charge in [-0.2, -0.15) is 0 Å². The number of amides is 2. The number of aromatic nitrogens is 3. The Labute approximate surface area is 173 Å². The Hall–Kier alpha value is -3.36. The Morgan fingerprint density at radius 3 is 3.00 bits per heavy atom. The second kappa shape index (κ2) is 8.56. The third-order valence-electron chi connectivity index (χ3n) is 5.60. The Morgan fingerprint density at radius 1 is 1.37 bits per heavy atom. The maximum atomic E-state index is 13.2. The number of ether oxygens (including phenoxy) is 1. The number of carbonyl (C=O) groups excluding carboxylic acids is 2. The molecule has 2 N–H and O–H groups in total. The summed E-state index contributed by atoms with van der Waals surface area (Å²) in [4.78, 5) is 30.5. The van der Waals surface area contributed by atoms with Crippen LogP contribution >= 0.6 is 0 Å². The maximum Gasteiger partial charge on any atom is 0.256 e. The molecule has 3 heterocycles. The van der Waals surface area contributed by atoms with Gasteiger partial charge in [-0.05, 0) is 43.9 Å². The topological polar surface area (TPSA) is 113 Å². The van der Waals surface area contributed by atoms with Crippen LogP contribution in [0.25, 0.3) is 10.9 Å². The van der Waals surface area contributed by atoms with Gasteiger partial charge in [-0.15, -0.1) is 0 Å². The lowest BCUT2D eigenvalue weighted by Gasteiger charge is -2.32. The van der Waals surface area contributed by atoms with Crippen molar-refractivity contribution in [2.75, 3.05) is 20.2 Å². The van der Waals surface area contributed by atoms with E-state index in [0.717, 1.165) is 23.7 Å². The van der Waals surface area contributed by atoms with Crippen LogP contribution in [0.5, 0.6) is 5.75 Å². The standard InChI is InChI=1S/C21H25N5O4/c1-13-19(25-30-24-13)11-23-20(27)8-14-4-3-7-26(12-14)21(28)17-10-22-18-6-5-15(29-2)9-16(17)18/h5-6,9-10,14,22H,3-4,7-8,11-12H2,1-2H3,(H,23,27). The lowest BCUT2D eigenvalue weighted by Crippen LogP contribution is -2.41. The zero-order chi connectivity index (χ0) is 21.1. The highest BCUT2D eigenvalue weighted by Crippen LogP contribution is 2.27. The molecule has 9 nitrogen and oxygen atoms in total. The number of H-pyrrole nitrogens is 1. The summed E-state index contributed by atoms with van der Waals surface area (Å²) in [5, 5.41) is 11.2. The van der Waals surface area contributed by atoms with Gasteiger partial charge < -0.3 is 19.9 Å². The van der Waals surface area contributed by atoms with Gasteiger partial charge in [0.2, 0.25) is 5.91 Å². The normalized spacial score (nSPS) is 16.6. The molecule has 0 spiro atoms. The molecule has 9 heteroatoms. The van der Waals surface area contributed by atoms with Crippen LogP contribution in [0.15, 0.2) is 29.0 Å². The van der Waals surface area contributed by atoms with Gasteiger partial charge in [-0.3, -0.25) is 9.59 Å². The van der Waals surface area contributed by atoms with Gasteiger partial charge in [-0.25, -0.2) is 4.63 Å². The van der Waals surface area contributed by atoms with E-state index in [-0.39, 0.29) is 17.7 Å². The summed E-state index contributed by atoms with van der Waals surface area (Å²) >= 11 is 0. The highest BCUT2D eigenvalue weighted by Gasteiger charge is 2.27. The summed E-state index contributed by atoms with van der Waals surface area (Å²) in [5.41, 5.74) is 2.81. The fourth-order valence-electron chi connectivity index (χ4n) is 3.92. The fourth-order valence-corrected chi connectivity index (χ4v) is 3.92. The van der Waals surface area contributed by atoms with Gasteiger partial charge in [0.25, 0.3) is 5.91 Å². The highest BCUT2D eigenvalue weighted by atomic mass is 16.6. The molecule has 0 saturated carbocycles. The molecular weight excluding hydrogens is 386 g/mol. The van der Waals surface area contributed by atoms with E-state index in [0.29, 0.717) is 48.8 Å². The number of hydrogen-bond acceptors (Lipinski definition) is 6. The van der Waals surface area contributed by atoms with Crippen LogP contribution in [0.3, 0.4) is 0 Å². The van der Waals surface area contributed by atoms with Crippen molar-refractivity contribution < 1.29 is 19.0 Å². The second-order valence-corrected chi connectivity index (χ2v) is 7.65. The van der Waals surface area contributed by atoms with Crippen LogP contribution in [0.4, 0.5) is 0 Å². The quantitative estimate of drug-likeness (QED) is 0.644. The lowest BCUT2D eigenvalue weighted by atomic mass is 9.94. The number of carbonyl (C=O) groups is 2. The molecule has 1 aliphatic heterocycles. The third kappa shape index (κ3) is 4.14. The van der Waals surface area contributed by atoms with Crippen LogP contribution in [-0.4, -0.2) is 52.2 Å². The Kier molecular flexibility index (Phi) is 5.69. The van der Waals surface area contributed by atoms with E-state index in [1.807, 2.05) is 23.1 Å². The first-order valence-electron chi connectivity index (χ1n) is 10.0. The van der Waals surface area contributed by atoms with Crippen LogP contribution in [0.2, 0.25) is 0 Å². The number of aromatic amines is 1. The Bertz CT molecular complexity index is 1060. The maximum absolute atomic E-state index is 13.2. The predicted molar refractivity (Wildman–Crippen MR) is 109 cm³/mol. The van der Waals surface area contributed by atoms with Gasteiger partial charge in [0.05, 0.1) is 19.2 Å². The molecule has 1 unspecified atom stereocenters. The summed E-state index contributed by atoms with van der Waals surface area (Å²) in [7, 11) is 1.61. The summed E-state index contributed by atoms with van der Waals surface area (Å²) in [5.74, 6) is 0.748. The van der Waals surface area contributed by atoms with Gasteiger partial charge in [-0.1, -0.05) is 10.3 Å². The average Bonchev–Trinajstić information content (AvgIpc) is 3.37. The minimum atomic E-state index is -0.0615. The van der Waals surface area contributed by atoms with Crippen LogP contribution in [-0.2, 0) is 11.3 Å². The van der Waals surface area contributed by atoms with Gasteiger partial charge in [0.1, 0.15) is 17.1 Å². The van der Waals surface area contributed by atoms with Crippen molar-refractivity contribution in [3.05, 3.63) is 41.3 Å². The molecule has 1 atom stereocenters. The molecule has 0 bridgehead atoms. The first-order valence-corrected chi connectivity index (χ1v) is 10.0. The highest BCUT2D eigenvalue weighted by molar-refractivity contribution is 6.07. The van der Waals surface area contributed by atoms with Gasteiger partial charge >= 0.3 is 0 Å². The zero-order valence-corrected chi connectivity index (χ0v) is 17.1. The minimum absolute atomic E-state index is 0.0242.